The molecule has 27 heavy (non-hydrogen) atoms. The van der Waals surface area contributed by atoms with Gasteiger partial charge in [0.15, 0.2) is 0 Å². The van der Waals surface area contributed by atoms with Crippen LogP contribution in [0.25, 0.3) is 0 Å². The first-order valence-electron chi connectivity index (χ1n) is 8.26. The molecule has 0 aliphatic heterocycles. The summed E-state index contributed by atoms with van der Waals surface area (Å²) >= 11 is 1.63. The second-order valence-corrected chi connectivity index (χ2v) is 9.26. The van der Waals surface area contributed by atoms with Gasteiger partial charge in [0.2, 0.25) is 0 Å². The zero-order chi connectivity index (χ0) is 19.1. The molecular formula is C21H17F2NS3. The lowest BCUT2D eigenvalue weighted by atomic mass is 10.3. The van der Waals surface area contributed by atoms with E-state index >= 15 is 0 Å². The quantitative estimate of drug-likeness (QED) is 0.177. The molecule has 1 unspecified atom stereocenters. The predicted octanol–water partition coefficient (Wildman–Crippen LogP) is 7.62. The fourth-order valence-electron chi connectivity index (χ4n) is 2.16. The molecule has 3 aromatic rings. The summed E-state index contributed by atoms with van der Waals surface area (Å²) in [6, 6.07) is 22.7. The van der Waals surface area contributed by atoms with Crippen LogP contribution in [-0.4, -0.2) is 10.3 Å². The maximum absolute atomic E-state index is 13.1. The molecule has 0 saturated heterocycles. The Bertz CT molecular complexity index is 882. The Labute approximate surface area is 170 Å². The molecule has 3 aromatic carbocycles. The molecule has 0 aliphatic carbocycles. The van der Waals surface area contributed by atoms with E-state index in [-0.39, 0.29) is 16.9 Å². The topological polar surface area (TPSA) is 12.4 Å². The third-order valence-corrected chi connectivity index (χ3v) is 7.28. The molecule has 0 bridgehead atoms. The summed E-state index contributed by atoms with van der Waals surface area (Å²) in [4.78, 5) is 6.74. The average Bonchev–Trinajstić information content (AvgIpc) is 2.69. The molecule has 0 heterocycles. The molecule has 0 radical (unpaired) electrons. The number of benzene rings is 3. The fourth-order valence-corrected chi connectivity index (χ4v) is 5.61. The Kier molecular flexibility index (Phi) is 7.38. The first-order chi connectivity index (χ1) is 13.1. The van der Waals surface area contributed by atoms with Crippen molar-refractivity contribution in [2.24, 2.45) is 4.99 Å². The number of thioether (sulfide) groups is 1. The zero-order valence-electron chi connectivity index (χ0n) is 14.5. The molecule has 3 rings (SSSR count). The van der Waals surface area contributed by atoms with Gasteiger partial charge in [-0.05, 0) is 78.4 Å². The molecule has 0 spiro atoms. The molecule has 0 aliphatic rings. The normalized spacial score (nSPS) is 12.8. The molecule has 138 valence electrons. The van der Waals surface area contributed by atoms with Gasteiger partial charge in [0.1, 0.15) is 11.6 Å². The van der Waals surface area contributed by atoms with Gasteiger partial charge in [0, 0.05) is 9.79 Å². The Morgan fingerprint density at radius 3 is 1.93 bits per heavy atom. The minimum Gasteiger partial charge on any atom is -0.245 e. The van der Waals surface area contributed by atoms with Crippen LogP contribution in [0.4, 0.5) is 14.5 Å². The van der Waals surface area contributed by atoms with Crippen LogP contribution in [-0.2, 0) is 0 Å². The minimum absolute atomic E-state index is 0.0774. The van der Waals surface area contributed by atoms with Crippen molar-refractivity contribution in [2.75, 3.05) is 0 Å². The van der Waals surface area contributed by atoms with Crippen molar-refractivity contribution in [3.05, 3.63) is 90.5 Å². The Balaban J connectivity index is 1.77. The summed E-state index contributed by atoms with van der Waals surface area (Å²) in [5.41, 5.74) is 0.881. The number of halogens is 2. The van der Waals surface area contributed by atoms with E-state index < -0.39 is 0 Å². The van der Waals surface area contributed by atoms with E-state index in [9.17, 15) is 8.78 Å². The highest BCUT2D eigenvalue weighted by Gasteiger charge is 2.15. The van der Waals surface area contributed by atoms with Crippen molar-refractivity contribution in [1.82, 2.24) is 0 Å². The van der Waals surface area contributed by atoms with Crippen molar-refractivity contribution < 1.29 is 8.78 Å². The summed E-state index contributed by atoms with van der Waals surface area (Å²) in [5.74, 6) is -0.492. The van der Waals surface area contributed by atoms with E-state index in [1.807, 2.05) is 30.3 Å². The Morgan fingerprint density at radius 2 is 1.33 bits per heavy atom. The van der Waals surface area contributed by atoms with Crippen molar-refractivity contribution in [2.45, 2.75) is 22.0 Å². The predicted molar refractivity (Wildman–Crippen MR) is 115 cm³/mol. The second kappa shape index (κ2) is 9.97. The number of rotatable bonds is 6. The molecule has 0 saturated carbocycles. The molecular weight excluding hydrogens is 400 g/mol. The smallest absolute Gasteiger partial charge is 0.123 e. The summed E-state index contributed by atoms with van der Waals surface area (Å²) in [5, 5.41) is 1.01. The van der Waals surface area contributed by atoms with Gasteiger partial charge in [0.05, 0.1) is 16.0 Å². The third-order valence-electron chi connectivity index (χ3n) is 3.51. The summed E-state index contributed by atoms with van der Waals surface area (Å²) in [6.45, 7) is 2.08. The van der Waals surface area contributed by atoms with Crippen LogP contribution in [0.5, 0.6) is 0 Å². The molecule has 0 N–H and O–H groups in total. The number of hydrogen-bond acceptors (Lipinski definition) is 4. The largest absolute Gasteiger partial charge is 0.245 e. The summed E-state index contributed by atoms with van der Waals surface area (Å²) < 4.78 is 26.2. The number of nitrogens with zero attached hydrogens (tertiary/aromatic N) is 1. The van der Waals surface area contributed by atoms with Crippen LogP contribution in [0.2, 0.25) is 0 Å². The number of para-hydroxylation sites is 1. The number of aliphatic imine (C=N–C) groups is 1. The van der Waals surface area contributed by atoms with Crippen LogP contribution in [0.15, 0.2) is 93.6 Å². The van der Waals surface area contributed by atoms with E-state index in [0.717, 1.165) is 20.5 Å². The van der Waals surface area contributed by atoms with Crippen LogP contribution in [0, 0.1) is 11.6 Å². The van der Waals surface area contributed by atoms with Crippen molar-refractivity contribution in [1.29, 1.82) is 0 Å². The van der Waals surface area contributed by atoms with E-state index in [4.69, 9.17) is 4.99 Å². The van der Waals surface area contributed by atoms with E-state index in [1.54, 1.807) is 57.6 Å². The molecule has 0 amide bonds. The lowest BCUT2D eigenvalue weighted by Crippen LogP contribution is -2.08. The van der Waals surface area contributed by atoms with Gasteiger partial charge in [-0.25, -0.2) is 13.8 Å². The minimum atomic E-state index is -0.247. The monoisotopic (exact) mass is 417 g/mol. The van der Waals surface area contributed by atoms with Crippen molar-refractivity contribution >= 4 is 44.1 Å². The Hall–Kier alpha value is -1.76. The summed E-state index contributed by atoms with van der Waals surface area (Å²) in [7, 11) is 3.10. The molecule has 0 aromatic heterocycles. The van der Waals surface area contributed by atoms with E-state index in [0.29, 0.717) is 0 Å². The summed E-state index contributed by atoms with van der Waals surface area (Å²) in [6.07, 6.45) is 0. The number of hydrogen-bond donors (Lipinski definition) is 0. The third kappa shape index (κ3) is 6.41. The maximum Gasteiger partial charge on any atom is 0.123 e. The highest BCUT2D eigenvalue weighted by molar-refractivity contribution is 8.82. The van der Waals surface area contributed by atoms with Gasteiger partial charge in [-0.2, -0.15) is 0 Å². The molecule has 1 atom stereocenters. The van der Waals surface area contributed by atoms with Crippen LogP contribution in [0.1, 0.15) is 6.92 Å². The van der Waals surface area contributed by atoms with Crippen molar-refractivity contribution in [3.8, 4) is 0 Å². The van der Waals surface area contributed by atoms with Gasteiger partial charge in [-0.15, -0.1) is 11.8 Å². The first-order valence-corrected chi connectivity index (χ1v) is 11.3. The lowest BCUT2D eigenvalue weighted by Gasteiger charge is -2.14. The molecule has 0 fully saturated rings. The van der Waals surface area contributed by atoms with Gasteiger partial charge >= 0.3 is 0 Å². The van der Waals surface area contributed by atoms with Crippen molar-refractivity contribution in [3.63, 3.8) is 0 Å². The second-order valence-electron chi connectivity index (χ2n) is 5.62. The standard InChI is InChI=1S/C21H17F2NS3/c1-15(25-19-11-7-16(22)8-12-19)21(24-18-5-3-2-4-6-18)27-26-20-13-9-17(23)10-14-20/h2-15H,1H3. The highest BCUT2D eigenvalue weighted by atomic mass is 33.1. The molecule has 1 nitrogen and oxygen atoms in total. The van der Waals surface area contributed by atoms with Crippen LogP contribution in [0.3, 0.4) is 0 Å². The van der Waals surface area contributed by atoms with Gasteiger partial charge in [-0.1, -0.05) is 29.0 Å². The SMILES string of the molecule is CC(Sc1ccc(F)cc1)C(=Nc1ccccc1)SSc1ccc(F)cc1. The molecule has 6 heteroatoms. The average molecular weight is 418 g/mol. The van der Waals surface area contributed by atoms with Gasteiger partial charge < -0.3 is 0 Å². The Morgan fingerprint density at radius 1 is 0.778 bits per heavy atom. The van der Waals surface area contributed by atoms with Crippen LogP contribution >= 0.6 is 33.3 Å². The fraction of sp³-hybridized carbons (Fsp3) is 0.0952. The van der Waals surface area contributed by atoms with Crippen LogP contribution < -0.4 is 0 Å². The van der Waals surface area contributed by atoms with E-state index in [1.165, 1.54) is 24.3 Å². The first kappa shape index (κ1) is 20.0. The maximum atomic E-state index is 13.1. The van der Waals surface area contributed by atoms with Gasteiger partial charge in [0.25, 0.3) is 0 Å². The lowest BCUT2D eigenvalue weighted by molar-refractivity contribution is 0.626. The van der Waals surface area contributed by atoms with E-state index in [2.05, 4.69) is 6.92 Å². The highest BCUT2D eigenvalue weighted by Crippen LogP contribution is 2.38. The van der Waals surface area contributed by atoms with Gasteiger partial charge in [-0.3, -0.25) is 0 Å². The zero-order valence-corrected chi connectivity index (χ0v) is 17.0.